The second-order valence-electron chi connectivity index (χ2n) is 14.5. The molecule has 0 aromatic heterocycles. The molecule has 18 nitrogen and oxygen atoms in total. The van der Waals surface area contributed by atoms with Crippen molar-refractivity contribution in [3.8, 4) is 34.5 Å². The van der Waals surface area contributed by atoms with Crippen molar-refractivity contribution in [1.29, 1.82) is 0 Å². The maximum absolute atomic E-state index is 13.5. The maximum Gasteiger partial charge on any atom is 1.00 e. The Morgan fingerprint density at radius 1 is 0.687 bits per heavy atom. The summed E-state index contributed by atoms with van der Waals surface area (Å²) in [6.45, 7) is 7.78. The van der Waals surface area contributed by atoms with Gasteiger partial charge >= 0.3 is 56.7 Å². The first-order valence-corrected chi connectivity index (χ1v) is 23.1. The molecular weight excluding hydrogens is 923 g/mol. The molecule has 1 unspecified atom stereocenters. The van der Waals surface area contributed by atoms with E-state index in [0.29, 0.717) is 58.1 Å². The van der Waals surface area contributed by atoms with Crippen LogP contribution in [0.25, 0.3) is 6.15 Å². The van der Waals surface area contributed by atoms with Crippen LogP contribution in [0.15, 0.2) is 84.0 Å². The Kier molecular flexibility index (Phi) is 24.6. The van der Waals surface area contributed by atoms with Crippen molar-refractivity contribution in [3.05, 3.63) is 135 Å². The first-order chi connectivity index (χ1) is 30.0. The number of hydrogen-bond acceptors (Lipinski definition) is 16. The first-order valence-electron chi connectivity index (χ1n) is 19.6. The fraction of sp³-hybridized carbons (Fsp3) is 0.348. The van der Waals surface area contributed by atoms with Crippen molar-refractivity contribution in [3.63, 3.8) is 0 Å². The molecule has 21 heteroatoms. The van der Waals surface area contributed by atoms with Crippen LogP contribution < -0.4 is 48.1 Å². The molecule has 2 heterocycles. The van der Waals surface area contributed by atoms with Gasteiger partial charge in [-0.1, -0.05) is 67.1 Å². The van der Waals surface area contributed by atoms with Crippen molar-refractivity contribution < 1.29 is 111 Å². The molecule has 0 bridgehead atoms. The zero-order chi connectivity index (χ0) is 45.9. The van der Waals surface area contributed by atoms with E-state index in [0.717, 1.165) is 29.4 Å². The Hall–Kier alpha value is -4.68. The van der Waals surface area contributed by atoms with Crippen LogP contribution in [0.4, 0.5) is 0 Å². The minimum absolute atomic E-state index is 0. The molecule has 0 radical (unpaired) electrons. The van der Waals surface area contributed by atoms with Gasteiger partial charge in [0, 0.05) is 29.4 Å². The van der Waals surface area contributed by atoms with E-state index >= 15 is 0 Å². The molecule has 0 aliphatic carbocycles. The van der Waals surface area contributed by atoms with Gasteiger partial charge in [0.25, 0.3) is 0 Å². The number of carbonyl (C=O) groups is 2. The van der Waals surface area contributed by atoms with E-state index in [9.17, 15) is 33.8 Å². The third-order valence-electron chi connectivity index (χ3n) is 10.0. The number of ether oxygens (including phenoxy) is 6. The van der Waals surface area contributed by atoms with Crippen LogP contribution in [0.1, 0.15) is 75.4 Å². The van der Waals surface area contributed by atoms with Crippen molar-refractivity contribution >= 4 is 27.1 Å². The van der Waals surface area contributed by atoms with Gasteiger partial charge in [0.2, 0.25) is 0 Å². The normalized spacial score (nSPS) is 13.6. The van der Waals surface area contributed by atoms with Gasteiger partial charge in [0.05, 0.1) is 27.4 Å². The summed E-state index contributed by atoms with van der Waals surface area (Å²) in [4.78, 5) is 33.3. The van der Waals surface area contributed by atoms with Crippen LogP contribution in [0.2, 0.25) is 0 Å². The van der Waals surface area contributed by atoms with Crippen LogP contribution in [0.3, 0.4) is 0 Å². The Balaban J connectivity index is 0.000000667. The standard InChI is InChI=1S/C28H29O8P.C17H23O8P.CH4.H2N.Na.H2O/c1-19(14-15-23-26(29)25-24(17-34-28(25)30)20(2)27(23)32-3)16-33-18-37(31,35-21-10-6-4-7-11-21)36-22-12-8-5-9-13-22;1-10(7-24-9-26(20,21)23-4)5-6-12-15(18)14-13(8-25-17(14)19)11(2)16(12)22-3;;;;/h4-14,29H,15-18H2,1-3H3;5,18H,6-9H2,1-4H3,(H,20,21);1H4;1H2;;1H2/q;;;-1;+1;/p-1/b19-14+;10-5+;;;;. The smallest absolute Gasteiger partial charge is 0.870 e. The number of carbonyl (C=O) groups excluding carboxylic acids is 2. The van der Waals surface area contributed by atoms with Crippen LogP contribution in [0, 0.1) is 13.8 Å². The zero-order valence-corrected chi connectivity index (χ0v) is 41.9. The van der Waals surface area contributed by atoms with E-state index in [1.165, 1.54) is 14.2 Å². The summed E-state index contributed by atoms with van der Waals surface area (Å²) < 4.78 is 72.7. The van der Waals surface area contributed by atoms with Gasteiger partial charge in [0.1, 0.15) is 65.2 Å². The van der Waals surface area contributed by atoms with Crippen molar-refractivity contribution in [2.24, 2.45) is 0 Å². The van der Waals surface area contributed by atoms with Gasteiger partial charge in [0.15, 0.2) is 6.35 Å². The number of para-hydroxylation sites is 2. The predicted octanol–water partition coefficient (Wildman–Crippen LogP) is 7.05. The number of nitrogens with two attached hydrogens (primary N) is 1. The molecule has 0 saturated carbocycles. The Morgan fingerprint density at radius 3 is 1.42 bits per heavy atom. The zero-order valence-electron chi connectivity index (χ0n) is 38.2. The third kappa shape index (κ3) is 15.4. The van der Waals surface area contributed by atoms with E-state index in [1.807, 2.05) is 39.0 Å². The van der Waals surface area contributed by atoms with E-state index in [-0.39, 0.29) is 104 Å². The molecule has 0 spiro atoms. The molecule has 1 atom stereocenters. The molecular formula is C46H59NNaO17P2-. The average Bonchev–Trinajstić information content (AvgIpc) is 3.85. The number of rotatable bonds is 19. The summed E-state index contributed by atoms with van der Waals surface area (Å²) in [6.07, 6.45) is 3.55. The minimum atomic E-state index is -3.71. The molecule has 4 aromatic carbocycles. The summed E-state index contributed by atoms with van der Waals surface area (Å²) >= 11 is 0. The molecule has 0 amide bonds. The molecule has 6 rings (SSSR count). The van der Waals surface area contributed by atoms with E-state index in [4.69, 9.17) is 37.5 Å². The monoisotopic (exact) mass is 982 g/mol. The Morgan fingerprint density at radius 2 is 1.06 bits per heavy atom. The fourth-order valence-electron chi connectivity index (χ4n) is 6.77. The summed E-state index contributed by atoms with van der Waals surface area (Å²) in [5.41, 5.74) is 5.72. The summed E-state index contributed by atoms with van der Waals surface area (Å²) in [5, 5.41) is 21.3. The second kappa shape index (κ2) is 27.3. The molecule has 0 saturated heterocycles. The number of methoxy groups -OCH3 is 2. The number of hydrogen-bond donors (Lipinski definition) is 3. The predicted molar refractivity (Wildman–Crippen MR) is 246 cm³/mol. The molecule has 67 heavy (non-hydrogen) atoms. The van der Waals surface area contributed by atoms with Crippen LogP contribution in [0.5, 0.6) is 34.5 Å². The van der Waals surface area contributed by atoms with Gasteiger partial charge < -0.3 is 68.7 Å². The van der Waals surface area contributed by atoms with Crippen LogP contribution in [-0.4, -0.2) is 79.8 Å². The number of fused-ring (bicyclic) bond motifs is 2. The Labute approximate surface area is 413 Å². The van der Waals surface area contributed by atoms with Crippen LogP contribution >= 0.6 is 15.2 Å². The number of aromatic hydroxyl groups is 2. The van der Waals surface area contributed by atoms with Crippen molar-refractivity contribution in [2.45, 2.75) is 61.2 Å². The molecule has 4 aromatic rings. The van der Waals surface area contributed by atoms with Gasteiger partial charge in [-0.15, -0.1) is 0 Å². The topological polar surface area (TPSA) is 276 Å². The molecule has 2 aliphatic heterocycles. The third-order valence-corrected chi connectivity index (χ3v) is 12.6. The molecule has 2 aliphatic rings. The van der Waals surface area contributed by atoms with Crippen molar-refractivity contribution in [2.75, 3.05) is 47.2 Å². The van der Waals surface area contributed by atoms with Gasteiger partial charge in [-0.3, -0.25) is 4.57 Å². The first kappa shape index (κ1) is 60.3. The molecule has 0 fully saturated rings. The second-order valence-corrected chi connectivity index (χ2v) is 18.3. The quantitative estimate of drug-likeness (QED) is 0.0367. The molecule has 362 valence electrons. The van der Waals surface area contributed by atoms with E-state index < -0.39 is 33.5 Å². The number of esters is 2. The van der Waals surface area contributed by atoms with Gasteiger partial charge in [-0.05, 0) is 75.9 Å². The maximum atomic E-state index is 13.5. The van der Waals surface area contributed by atoms with Crippen molar-refractivity contribution in [1.82, 2.24) is 0 Å². The van der Waals surface area contributed by atoms with E-state index in [2.05, 4.69) is 4.52 Å². The fourth-order valence-corrected chi connectivity index (χ4v) is 8.55. The van der Waals surface area contributed by atoms with Gasteiger partial charge in [-0.25, -0.2) is 14.2 Å². The molecule has 6 N–H and O–H groups in total. The SMILES string of the molecule is C.COc1c(C)c2c(c(O)c1C/C=C(\C)COCP(=O)(O)OC)C(=O)OC2.COc1c(C)c2c(c(O)c1C/C=C(\C)COCP(=O)(Oc1ccccc1)Oc1ccccc1)C(=O)OC2.[NH2-].[Na+].[OH-]. The number of phenolic OH excluding ortho intramolecular Hbond substituents is 2. The summed E-state index contributed by atoms with van der Waals surface area (Å²) in [7, 11) is -3.25. The largest absolute Gasteiger partial charge is 1.00 e. The summed E-state index contributed by atoms with van der Waals surface area (Å²) in [6, 6.07) is 17.6. The van der Waals surface area contributed by atoms with E-state index in [1.54, 1.807) is 61.5 Å². The minimum Gasteiger partial charge on any atom is -0.870 e. The Bertz CT molecular complexity index is 2420. The number of allylic oxidation sites excluding steroid dienone is 2. The van der Waals surface area contributed by atoms with Crippen LogP contribution in [-0.2, 0) is 58.7 Å². The van der Waals surface area contributed by atoms with Gasteiger partial charge in [-0.2, -0.15) is 0 Å². The average molecular weight is 983 g/mol. The summed E-state index contributed by atoms with van der Waals surface area (Å²) in [5.74, 6) is 0.454. The number of phenols is 2. The number of benzene rings is 4. The number of cyclic esters (lactones) is 2.